The molecule has 0 spiro atoms. The molecule has 78 valence electrons. The maximum atomic E-state index is 8.51. The lowest BCUT2D eigenvalue weighted by Gasteiger charge is -2.23. The number of amidine groups is 1. The van der Waals surface area contributed by atoms with Crippen LogP contribution < -0.4 is 11.2 Å². The van der Waals surface area contributed by atoms with E-state index in [0.717, 1.165) is 13.0 Å². The number of oxime groups is 1. The van der Waals surface area contributed by atoms with Gasteiger partial charge in [-0.05, 0) is 6.42 Å². The van der Waals surface area contributed by atoms with E-state index in [1.165, 1.54) is 0 Å². The van der Waals surface area contributed by atoms with Gasteiger partial charge in [0.1, 0.15) is 5.84 Å². The minimum Gasteiger partial charge on any atom is -0.409 e. The highest BCUT2D eigenvalue weighted by Gasteiger charge is 2.22. The van der Waals surface area contributed by atoms with Crippen molar-refractivity contribution in [2.75, 3.05) is 20.6 Å². The van der Waals surface area contributed by atoms with Gasteiger partial charge >= 0.3 is 0 Å². The van der Waals surface area contributed by atoms with E-state index in [1.807, 2.05) is 33.0 Å². The highest BCUT2D eigenvalue weighted by atomic mass is 16.4. The van der Waals surface area contributed by atoms with Crippen molar-refractivity contribution >= 4 is 5.84 Å². The van der Waals surface area contributed by atoms with Crippen LogP contribution in [0.15, 0.2) is 5.16 Å². The van der Waals surface area contributed by atoms with Crippen LogP contribution in [0.1, 0.15) is 20.3 Å². The van der Waals surface area contributed by atoms with E-state index in [-0.39, 0.29) is 11.3 Å². The molecule has 0 aromatic heterocycles. The topological polar surface area (TPSA) is 73.9 Å². The molecule has 0 aliphatic rings. The van der Waals surface area contributed by atoms with Gasteiger partial charge in [-0.15, -0.1) is 0 Å². The first kappa shape index (κ1) is 12.2. The van der Waals surface area contributed by atoms with E-state index in [0.29, 0.717) is 0 Å². The second kappa shape index (κ2) is 5.04. The zero-order valence-electron chi connectivity index (χ0n) is 8.83. The fourth-order valence-corrected chi connectivity index (χ4v) is 0.855. The van der Waals surface area contributed by atoms with Gasteiger partial charge in [0, 0.05) is 26.1 Å². The third-order valence-electron chi connectivity index (χ3n) is 1.98. The van der Waals surface area contributed by atoms with Gasteiger partial charge < -0.3 is 10.9 Å². The molecule has 0 aliphatic carbocycles. The lowest BCUT2D eigenvalue weighted by molar-refractivity contribution is 0.265. The standard InChI is InChI=1S/C8H20N4O/c1-8(2,7(9)11-13)5-6-10-12(3)4/h10,13H,5-6H2,1-4H3,(H2,9,11). The Hall–Kier alpha value is -0.810. The predicted molar refractivity (Wildman–Crippen MR) is 53.5 cm³/mol. The maximum absolute atomic E-state index is 8.51. The summed E-state index contributed by atoms with van der Waals surface area (Å²) in [6, 6.07) is 0. The van der Waals surface area contributed by atoms with Gasteiger partial charge in [0.15, 0.2) is 0 Å². The zero-order valence-corrected chi connectivity index (χ0v) is 8.83. The number of rotatable bonds is 5. The van der Waals surface area contributed by atoms with Crippen molar-refractivity contribution in [1.29, 1.82) is 0 Å². The van der Waals surface area contributed by atoms with Crippen molar-refractivity contribution in [3.63, 3.8) is 0 Å². The summed E-state index contributed by atoms with van der Waals surface area (Å²) in [5.41, 5.74) is 8.38. The molecule has 0 aromatic carbocycles. The molecule has 5 nitrogen and oxygen atoms in total. The van der Waals surface area contributed by atoms with Crippen molar-refractivity contribution < 1.29 is 5.21 Å². The predicted octanol–water partition coefficient (Wildman–Crippen LogP) is 0.215. The first-order valence-corrected chi connectivity index (χ1v) is 4.29. The molecule has 0 radical (unpaired) electrons. The molecule has 0 heterocycles. The van der Waals surface area contributed by atoms with E-state index in [2.05, 4.69) is 10.6 Å². The Kier molecular flexibility index (Phi) is 4.72. The lowest BCUT2D eigenvalue weighted by atomic mass is 9.88. The molecule has 0 amide bonds. The second-order valence-electron chi connectivity index (χ2n) is 3.92. The van der Waals surface area contributed by atoms with Crippen molar-refractivity contribution in [2.24, 2.45) is 16.3 Å². The summed E-state index contributed by atoms with van der Waals surface area (Å²) in [4.78, 5) is 0. The molecule has 0 aliphatic heterocycles. The fraction of sp³-hybridized carbons (Fsp3) is 0.875. The Balaban J connectivity index is 3.90. The van der Waals surface area contributed by atoms with Crippen molar-refractivity contribution in [3.05, 3.63) is 0 Å². The molecule has 0 rings (SSSR count). The summed E-state index contributed by atoms with van der Waals surface area (Å²) in [6.45, 7) is 4.69. The van der Waals surface area contributed by atoms with E-state index >= 15 is 0 Å². The Bertz CT molecular complexity index is 177. The van der Waals surface area contributed by atoms with Gasteiger partial charge in [0.2, 0.25) is 0 Å². The fourth-order valence-electron chi connectivity index (χ4n) is 0.855. The molecule has 0 bridgehead atoms. The quantitative estimate of drug-likeness (QED) is 0.250. The van der Waals surface area contributed by atoms with Gasteiger partial charge in [-0.2, -0.15) is 0 Å². The summed E-state index contributed by atoms with van der Waals surface area (Å²) in [5.74, 6) is 0.271. The summed E-state index contributed by atoms with van der Waals surface area (Å²) in [7, 11) is 3.85. The average Bonchev–Trinajstić information content (AvgIpc) is 2.01. The SMILES string of the molecule is CN(C)NCCC(C)(C)C(N)=NO. The Morgan fingerprint density at radius 3 is 2.46 bits per heavy atom. The molecule has 0 saturated carbocycles. The van der Waals surface area contributed by atoms with Gasteiger partial charge in [-0.25, -0.2) is 0 Å². The molecule has 0 atom stereocenters. The maximum Gasteiger partial charge on any atom is 0.144 e. The number of nitrogens with two attached hydrogens (primary N) is 1. The average molecular weight is 188 g/mol. The van der Waals surface area contributed by atoms with Crippen molar-refractivity contribution in [3.8, 4) is 0 Å². The molecule has 0 unspecified atom stereocenters. The molecule has 0 fully saturated rings. The van der Waals surface area contributed by atoms with Crippen LogP contribution in [0.5, 0.6) is 0 Å². The summed E-state index contributed by atoms with van der Waals surface area (Å²) >= 11 is 0. The van der Waals surface area contributed by atoms with Crippen LogP contribution in [-0.2, 0) is 0 Å². The Labute approximate surface area is 79.6 Å². The number of hydrogen-bond acceptors (Lipinski definition) is 4. The number of nitrogens with one attached hydrogen (secondary N) is 1. The molecule has 4 N–H and O–H groups in total. The number of hydrogen-bond donors (Lipinski definition) is 3. The Morgan fingerprint density at radius 1 is 1.54 bits per heavy atom. The number of nitrogens with zero attached hydrogens (tertiary/aromatic N) is 2. The van der Waals surface area contributed by atoms with Crippen molar-refractivity contribution in [1.82, 2.24) is 10.4 Å². The van der Waals surface area contributed by atoms with Gasteiger partial charge in [-0.1, -0.05) is 19.0 Å². The molecular weight excluding hydrogens is 168 g/mol. The van der Waals surface area contributed by atoms with Gasteiger partial charge in [0.25, 0.3) is 0 Å². The molecule has 13 heavy (non-hydrogen) atoms. The van der Waals surface area contributed by atoms with Crippen LogP contribution in [0.25, 0.3) is 0 Å². The summed E-state index contributed by atoms with van der Waals surface area (Å²) in [5, 5.41) is 13.4. The Morgan fingerprint density at radius 2 is 2.08 bits per heavy atom. The second-order valence-corrected chi connectivity index (χ2v) is 3.92. The first-order chi connectivity index (χ1) is 5.90. The van der Waals surface area contributed by atoms with Crippen LogP contribution in [0.3, 0.4) is 0 Å². The summed E-state index contributed by atoms with van der Waals surface area (Å²) in [6.07, 6.45) is 0.821. The first-order valence-electron chi connectivity index (χ1n) is 4.29. The van der Waals surface area contributed by atoms with Crippen LogP contribution in [0, 0.1) is 5.41 Å². The highest BCUT2D eigenvalue weighted by Crippen LogP contribution is 2.19. The smallest absolute Gasteiger partial charge is 0.144 e. The van der Waals surface area contributed by atoms with E-state index in [9.17, 15) is 0 Å². The largest absolute Gasteiger partial charge is 0.409 e. The minimum absolute atomic E-state index is 0.266. The summed E-state index contributed by atoms with van der Waals surface area (Å²) < 4.78 is 0. The molecule has 0 aromatic rings. The van der Waals surface area contributed by atoms with Crippen LogP contribution in [0.2, 0.25) is 0 Å². The highest BCUT2D eigenvalue weighted by molar-refractivity contribution is 5.85. The zero-order chi connectivity index (χ0) is 10.5. The van der Waals surface area contributed by atoms with Crippen molar-refractivity contribution in [2.45, 2.75) is 20.3 Å². The van der Waals surface area contributed by atoms with Crippen LogP contribution in [0.4, 0.5) is 0 Å². The van der Waals surface area contributed by atoms with Gasteiger partial charge in [-0.3, -0.25) is 10.4 Å². The lowest BCUT2D eigenvalue weighted by Crippen LogP contribution is -2.38. The molecule has 5 heteroatoms. The third-order valence-corrected chi connectivity index (χ3v) is 1.98. The minimum atomic E-state index is -0.266. The number of hydrazine groups is 1. The normalized spacial score (nSPS) is 13.8. The van der Waals surface area contributed by atoms with E-state index < -0.39 is 0 Å². The van der Waals surface area contributed by atoms with Crippen LogP contribution in [-0.4, -0.2) is 36.7 Å². The monoisotopic (exact) mass is 188 g/mol. The third kappa shape index (κ3) is 4.69. The van der Waals surface area contributed by atoms with E-state index in [4.69, 9.17) is 10.9 Å². The van der Waals surface area contributed by atoms with Crippen LogP contribution >= 0.6 is 0 Å². The van der Waals surface area contributed by atoms with Gasteiger partial charge in [0.05, 0.1) is 0 Å². The molecule has 0 saturated heterocycles. The van der Waals surface area contributed by atoms with E-state index in [1.54, 1.807) is 0 Å². The molecular formula is C8H20N4O.